The van der Waals surface area contributed by atoms with Gasteiger partial charge < -0.3 is 10.0 Å². The van der Waals surface area contributed by atoms with Gasteiger partial charge in [-0.1, -0.05) is 26.0 Å². The molecule has 19 heavy (non-hydrogen) atoms. The van der Waals surface area contributed by atoms with Crippen molar-refractivity contribution in [2.75, 3.05) is 13.1 Å². The monoisotopic (exact) mass is 265 g/mol. The van der Waals surface area contributed by atoms with Crippen LogP contribution >= 0.6 is 0 Å². The molecule has 0 radical (unpaired) electrons. The molecule has 0 spiro atoms. The van der Waals surface area contributed by atoms with Crippen molar-refractivity contribution in [1.29, 1.82) is 0 Å². The maximum absolute atomic E-state index is 12.2. The van der Waals surface area contributed by atoms with Gasteiger partial charge in [-0.15, -0.1) is 0 Å². The van der Waals surface area contributed by atoms with E-state index < -0.39 is 11.4 Å². The van der Waals surface area contributed by atoms with E-state index in [-0.39, 0.29) is 11.8 Å². The van der Waals surface area contributed by atoms with Gasteiger partial charge in [-0.2, -0.15) is 0 Å². The van der Waals surface area contributed by atoms with E-state index in [0.29, 0.717) is 31.8 Å². The topological polar surface area (TPSA) is 57.6 Å². The van der Waals surface area contributed by atoms with Crippen LogP contribution in [-0.4, -0.2) is 35.0 Å². The van der Waals surface area contributed by atoms with Crippen molar-refractivity contribution >= 4 is 11.9 Å². The van der Waals surface area contributed by atoms with E-state index in [4.69, 9.17) is 0 Å². The Morgan fingerprint density at radius 2 is 2.21 bits per heavy atom. The smallest absolute Gasteiger partial charge is 0.311 e. The van der Waals surface area contributed by atoms with Crippen molar-refractivity contribution in [3.05, 3.63) is 12.2 Å². The summed E-state index contributed by atoms with van der Waals surface area (Å²) in [5.41, 5.74) is -0.749. The summed E-state index contributed by atoms with van der Waals surface area (Å²) in [7, 11) is 0. The molecule has 2 unspecified atom stereocenters. The van der Waals surface area contributed by atoms with Crippen molar-refractivity contribution in [2.45, 2.75) is 39.5 Å². The number of hydrogen-bond acceptors (Lipinski definition) is 2. The lowest BCUT2D eigenvalue weighted by Crippen LogP contribution is -2.40. The molecule has 0 bridgehead atoms. The third-order valence-electron chi connectivity index (χ3n) is 4.73. The van der Waals surface area contributed by atoms with Gasteiger partial charge in [-0.05, 0) is 31.1 Å². The number of hydrogen-bond donors (Lipinski definition) is 1. The third-order valence-corrected chi connectivity index (χ3v) is 4.73. The fourth-order valence-corrected chi connectivity index (χ4v) is 3.16. The Morgan fingerprint density at radius 3 is 2.68 bits per heavy atom. The number of carboxylic acids is 1. The summed E-state index contributed by atoms with van der Waals surface area (Å²) >= 11 is 0. The van der Waals surface area contributed by atoms with E-state index in [9.17, 15) is 14.7 Å². The summed E-state index contributed by atoms with van der Waals surface area (Å²) in [5, 5.41) is 9.47. The van der Waals surface area contributed by atoms with E-state index >= 15 is 0 Å². The van der Waals surface area contributed by atoms with Crippen LogP contribution in [-0.2, 0) is 9.59 Å². The number of carbonyl (C=O) groups is 2. The second-order valence-electron chi connectivity index (χ2n) is 6.15. The zero-order valence-electron chi connectivity index (χ0n) is 11.8. The fourth-order valence-electron chi connectivity index (χ4n) is 3.16. The van der Waals surface area contributed by atoms with Crippen LogP contribution in [0.15, 0.2) is 12.2 Å². The van der Waals surface area contributed by atoms with Gasteiger partial charge in [-0.25, -0.2) is 0 Å². The maximum atomic E-state index is 12.2. The molecule has 2 rings (SSSR count). The molecular weight excluding hydrogens is 242 g/mol. The van der Waals surface area contributed by atoms with Crippen molar-refractivity contribution in [3.63, 3.8) is 0 Å². The van der Waals surface area contributed by atoms with Gasteiger partial charge in [0.15, 0.2) is 0 Å². The summed E-state index contributed by atoms with van der Waals surface area (Å²) in [4.78, 5) is 25.5. The molecular formula is C15H23NO3. The number of nitrogens with zero attached hydrogens (tertiary/aromatic N) is 1. The number of carbonyl (C=O) groups excluding carboxylic acids is 1. The van der Waals surface area contributed by atoms with E-state index in [1.54, 1.807) is 4.90 Å². The lowest BCUT2D eigenvalue weighted by Gasteiger charge is -2.28. The first kappa shape index (κ1) is 14.1. The molecule has 4 nitrogen and oxygen atoms in total. The van der Waals surface area contributed by atoms with Gasteiger partial charge in [0.1, 0.15) is 0 Å². The van der Waals surface area contributed by atoms with Crippen LogP contribution in [0.2, 0.25) is 0 Å². The second kappa shape index (κ2) is 5.35. The molecule has 1 aliphatic carbocycles. The molecule has 1 fully saturated rings. The molecule has 2 atom stereocenters. The highest BCUT2D eigenvalue weighted by Crippen LogP contribution is 2.38. The number of aliphatic carboxylic acids is 1. The molecule has 1 saturated heterocycles. The molecule has 4 heteroatoms. The number of amides is 1. The first-order chi connectivity index (χ1) is 8.95. The Labute approximate surface area is 114 Å². The molecule has 0 aromatic rings. The zero-order valence-corrected chi connectivity index (χ0v) is 11.8. The summed E-state index contributed by atoms with van der Waals surface area (Å²) < 4.78 is 0. The van der Waals surface area contributed by atoms with Crippen LogP contribution in [0, 0.1) is 17.3 Å². The summed E-state index contributed by atoms with van der Waals surface area (Å²) in [6, 6.07) is 0. The molecule has 2 aliphatic rings. The van der Waals surface area contributed by atoms with Crippen LogP contribution in [0.4, 0.5) is 0 Å². The number of likely N-dealkylation sites (tertiary alicyclic amines) is 1. The zero-order chi connectivity index (χ0) is 14.0. The maximum Gasteiger partial charge on any atom is 0.311 e. The highest BCUT2D eigenvalue weighted by molar-refractivity contribution is 5.81. The largest absolute Gasteiger partial charge is 0.481 e. The molecule has 0 saturated carbocycles. The number of carboxylic acid groups (broad SMARTS) is 1. The molecule has 106 valence electrons. The van der Waals surface area contributed by atoms with Crippen molar-refractivity contribution in [1.82, 2.24) is 4.90 Å². The Bertz CT molecular complexity index is 402. The highest BCUT2D eigenvalue weighted by Gasteiger charge is 2.48. The van der Waals surface area contributed by atoms with E-state index in [0.717, 1.165) is 12.8 Å². The minimum Gasteiger partial charge on any atom is -0.481 e. The first-order valence-corrected chi connectivity index (χ1v) is 7.13. The normalized spacial score (nSPS) is 30.3. The highest BCUT2D eigenvalue weighted by atomic mass is 16.4. The lowest BCUT2D eigenvalue weighted by molar-refractivity contribution is -0.151. The van der Waals surface area contributed by atoms with Crippen LogP contribution in [0.25, 0.3) is 0 Å². The van der Waals surface area contributed by atoms with Crippen LogP contribution in [0.5, 0.6) is 0 Å². The van der Waals surface area contributed by atoms with Crippen molar-refractivity contribution < 1.29 is 14.7 Å². The predicted octanol–water partition coefficient (Wildman–Crippen LogP) is 2.30. The van der Waals surface area contributed by atoms with Gasteiger partial charge in [0.25, 0.3) is 0 Å². The number of allylic oxidation sites excluding steroid dienone is 2. The molecule has 1 heterocycles. The lowest BCUT2D eigenvalue weighted by atomic mass is 9.76. The fraction of sp³-hybridized carbons (Fsp3) is 0.733. The molecule has 1 amide bonds. The average molecular weight is 265 g/mol. The molecule has 0 aromatic carbocycles. The van der Waals surface area contributed by atoms with E-state index in [2.05, 4.69) is 12.2 Å². The van der Waals surface area contributed by atoms with Crippen LogP contribution in [0.3, 0.4) is 0 Å². The predicted molar refractivity (Wildman–Crippen MR) is 72.6 cm³/mol. The Morgan fingerprint density at radius 1 is 1.47 bits per heavy atom. The van der Waals surface area contributed by atoms with Crippen molar-refractivity contribution in [2.24, 2.45) is 17.3 Å². The first-order valence-electron chi connectivity index (χ1n) is 7.13. The Balaban J connectivity index is 1.98. The van der Waals surface area contributed by atoms with Gasteiger partial charge in [0.2, 0.25) is 5.91 Å². The van der Waals surface area contributed by atoms with Gasteiger partial charge in [0.05, 0.1) is 5.41 Å². The SMILES string of the molecule is CC(C)C1(C(=O)O)CCN(C(=O)CC2C=CCC2)C1. The summed E-state index contributed by atoms with van der Waals surface area (Å²) in [6.45, 7) is 4.82. The van der Waals surface area contributed by atoms with Gasteiger partial charge in [0, 0.05) is 19.5 Å². The number of rotatable bonds is 4. The van der Waals surface area contributed by atoms with Crippen molar-refractivity contribution in [3.8, 4) is 0 Å². The third kappa shape index (κ3) is 2.67. The molecule has 0 aromatic heterocycles. The second-order valence-corrected chi connectivity index (χ2v) is 6.15. The van der Waals surface area contributed by atoms with E-state index in [1.807, 2.05) is 13.8 Å². The van der Waals surface area contributed by atoms with Crippen LogP contribution in [0.1, 0.15) is 39.5 Å². The summed E-state index contributed by atoms with van der Waals surface area (Å²) in [5.74, 6) is -0.251. The quantitative estimate of drug-likeness (QED) is 0.793. The minimum atomic E-state index is -0.765. The standard InChI is InChI=1S/C15H23NO3/c1-11(2)15(14(18)19)7-8-16(10-15)13(17)9-12-5-3-4-6-12/h3,5,11-12H,4,6-10H2,1-2H3,(H,18,19). The average Bonchev–Trinajstić information content (AvgIpc) is 2.97. The summed E-state index contributed by atoms with van der Waals surface area (Å²) in [6.07, 6.45) is 7.45. The van der Waals surface area contributed by atoms with Gasteiger partial charge >= 0.3 is 5.97 Å². The van der Waals surface area contributed by atoms with Crippen LogP contribution < -0.4 is 0 Å². The van der Waals surface area contributed by atoms with Gasteiger partial charge in [-0.3, -0.25) is 9.59 Å². The Kier molecular flexibility index (Phi) is 3.97. The Hall–Kier alpha value is -1.32. The molecule has 1 aliphatic heterocycles. The van der Waals surface area contributed by atoms with E-state index in [1.165, 1.54) is 0 Å². The minimum absolute atomic E-state index is 0.0502. The molecule has 1 N–H and O–H groups in total.